The molecule has 0 aliphatic heterocycles. The van der Waals surface area contributed by atoms with Gasteiger partial charge < -0.3 is 13.7 Å². The van der Waals surface area contributed by atoms with E-state index in [4.69, 9.17) is 16.3 Å². The first-order chi connectivity index (χ1) is 11.0. The molecule has 8 heteroatoms. The molecule has 0 N–H and O–H groups in total. The van der Waals surface area contributed by atoms with Crippen LogP contribution >= 0.6 is 27.5 Å². The van der Waals surface area contributed by atoms with Crippen molar-refractivity contribution in [2.24, 2.45) is 0 Å². The van der Waals surface area contributed by atoms with E-state index in [2.05, 4.69) is 25.9 Å². The van der Waals surface area contributed by atoms with Crippen LogP contribution in [0.25, 0.3) is 5.65 Å². The second-order valence-corrected chi connectivity index (χ2v) is 6.31. The van der Waals surface area contributed by atoms with Crippen molar-refractivity contribution in [3.8, 4) is 0 Å². The van der Waals surface area contributed by atoms with Gasteiger partial charge in [0.15, 0.2) is 11.3 Å². The summed E-state index contributed by atoms with van der Waals surface area (Å²) < 4.78 is 9.70. The fraction of sp³-hybridized carbons (Fsp3) is 0.267. The summed E-state index contributed by atoms with van der Waals surface area (Å²) in [5.41, 5.74) is 0.877. The zero-order valence-electron chi connectivity index (χ0n) is 12.4. The molecule has 3 heterocycles. The van der Waals surface area contributed by atoms with Crippen LogP contribution in [0.5, 0.6) is 0 Å². The fourth-order valence-electron chi connectivity index (χ4n) is 2.24. The van der Waals surface area contributed by atoms with E-state index in [0.29, 0.717) is 23.7 Å². The molecule has 3 aromatic rings. The minimum absolute atomic E-state index is 0.256. The molecule has 0 aliphatic carbocycles. The number of carbonyl (C=O) groups is 1. The van der Waals surface area contributed by atoms with Crippen molar-refractivity contribution >= 4 is 39.1 Å². The number of carbonyl (C=O) groups excluding carboxylic acids is 1. The SMILES string of the molecule is Cc1nccn1CCCOC(=O)c1cn2cc(Cl)cc(Br)c2n1. The third-order valence-corrected chi connectivity index (χ3v) is 4.17. The second-order valence-electron chi connectivity index (χ2n) is 5.02. The smallest absolute Gasteiger partial charge is 0.358 e. The van der Waals surface area contributed by atoms with E-state index < -0.39 is 5.97 Å². The number of hydrogen-bond acceptors (Lipinski definition) is 4. The maximum Gasteiger partial charge on any atom is 0.358 e. The number of esters is 1. The topological polar surface area (TPSA) is 61.4 Å². The molecule has 0 aliphatic rings. The number of nitrogens with zero attached hydrogens (tertiary/aromatic N) is 4. The number of hydrogen-bond donors (Lipinski definition) is 0. The molecule has 0 fully saturated rings. The zero-order chi connectivity index (χ0) is 16.4. The van der Waals surface area contributed by atoms with Crippen molar-refractivity contribution in [1.29, 1.82) is 0 Å². The van der Waals surface area contributed by atoms with Gasteiger partial charge in [0.2, 0.25) is 0 Å². The average molecular weight is 398 g/mol. The Morgan fingerprint density at radius 3 is 3.00 bits per heavy atom. The lowest BCUT2D eigenvalue weighted by atomic mass is 10.4. The summed E-state index contributed by atoms with van der Waals surface area (Å²) in [6.07, 6.45) is 7.66. The van der Waals surface area contributed by atoms with Crippen molar-refractivity contribution in [2.45, 2.75) is 19.9 Å². The highest BCUT2D eigenvalue weighted by molar-refractivity contribution is 9.10. The highest BCUT2D eigenvalue weighted by Gasteiger charge is 2.14. The summed E-state index contributed by atoms with van der Waals surface area (Å²) in [7, 11) is 0. The molecule has 0 atom stereocenters. The predicted molar refractivity (Wildman–Crippen MR) is 89.8 cm³/mol. The van der Waals surface area contributed by atoms with Crippen LogP contribution in [-0.4, -0.2) is 31.5 Å². The summed E-state index contributed by atoms with van der Waals surface area (Å²) in [6, 6.07) is 1.73. The Bertz CT molecular complexity index is 858. The molecular weight excluding hydrogens is 384 g/mol. The van der Waals surface area contributed by atoms with Crippen molar-refractivity contribution in [3.05, 3.63) is 51.9 Å². The van der Waals surface area contributed by atoms with Crippen LogP contribution in [0.1, 0.15) is 22.7 Å². The molecule has 6 nitrogen and oxygen atoms in total. The summed E-state index contributed by atoms with van der Waals surface area (Å²) in [5, 5.41) is 0.553. The zero-order valence-corrected chi connectivity index (χ0v) is 14.7. The Morgan fingerprint density at radius 2 is 2.26 bits per heavy atom. The molecule has 120 valence electrons. The molecule has 3 rings (SSSR count). The van der Waals surface area contributed by atoms with E-state index in [1.165, 1.54) is 0 Å². The molecule has 23 heavy (non-hydrogen) atoms. The Hall–Kier alpha value is -1.86. The first-order valence-corrected chi connectivity index (χ1v) is 8.20. The highest BCUT2D eigenvalue weighted by Crippen LogP contribution is 2.22. The van der Waals surface area contributed by atoms with E-state index in [-0.39, 0.29) is 5.69 Å². The van der Waals surface area contributed by atoms with Gasteiger partial charge in [-0.15, -0.1) is 0 Å². The quantitative estimate of drug-likeness (QED) is 0.488. The van der Waals surface area contributed by atoms with Crippen molar-refractivity contribution in [1.82, 2.24) is 18.9 Å². The molecule has 0 amide bonds. The second kappa shape index (κ2) is 6.72. The van der Waals surface area contributed by atoms with Gasteiger partial charge in [-0.25, -0.2) is 14.8 Å². The lowest BCUT2D eigenvalue weighted by Crippen LogP contribution is -2.09. The Balaban J connectivity index is 1.60. The fourth-order valence-corrected chi connectivity index (χ4v) is 3.12. The number of aryl methyl sites for hydroxylation is 2. The van der Waals surface area contributed by atoms with Gasteiger partial charge in [-0.1, -0.05) is 11.6 Å². The van der Waals surface area contributed by atoms with Crippen molar-refractivity contribution in [2.75, 3.05) is 6.61 Å². The van der Waals surface area contributed by atoms with Crippen LogP contribution < -0.4 is 0 Å². The Kier molecular flexibility index (Phi) is 4.68. The molecule has 0 bridgehead atoms. The van der Waals surface area contributed by atoms with Gasteiger partial charge in [-0.3, -0.25) is 0 Å². The molecular formula is C15H14BrClN4O2. The first kappa shape index (κ1) is 16.0. The Labute approximate surface area is 146 Å². The largest absolute Gasteiger partial charge is 0.461 e. The number of halogens is 2. The molecule has 0 saturated carbocycles. The van der Waals surface area contributed by atoms with E-state index in [1.54, 1.807) is 29.1 Å². The van der Waals surface area contributed by atoms with Crippen LogP contribution in [-0.2, 0) is 11.3 Å². The van der Waals surface area contributed by atoms with E-state index >= 15 is 0 Å². The summed E-state index contributed by atoms with van der Waals surface area (Å²) >= 11 is 9.35. The lowest BCUT2D eigenvalue weighted by Gasteiger charge is -2.05. The van der Waals surface area contributed by atoms with Crippen LogP contribution in [0.15, 0.2) is 35.3 Å². The van der Waals surface area contributed by atoms with Gasteiger partial charge in [0, 0.05) is 31.3 Å². The van der Waals surface area contributed by atoms with Crippen LogP contribution in [0, 0.1) is 6.92 Å². The number of fused-ring (bicyclic) bond motifs is 1. The van der Waals surface area contributed by atoms with Gasteiger partial charge in [0.05, 0.1) is 16.1 Å². The van der Waals surface area contributed by atoms with Crippen LogP contribution in [0.4, 0.5) is 0 Å². The van der Waals surface area contributed by atoms with E-state index in [1.807, 2.05) is 17.7 Å². The predicted octanol–water partition coefficient (Wildman–Crippen LogP) is 3.50. The van der Waals surface area contributed by atoms with Crippen LogP contribution in [0.3, 0.4) is 0 Å². The molecule has 0 spiro atoms. The summed E-state index contributed by atoms with van der Waals surface area (Å²) in [5.74, 6) is 0.498. The molecule has 0 aromatic carbocycles. The first-order valence-electron chi connectivity index (χ1n) is 7.03. The van der Waals surface area contributed by atoms with Crippen LogP contribution in [0.2, 0.25) is 5.02 Å². The van der Waals surface area contributed by atoms with Gasteiger partial charge in [-0.2, -0.15) is 0 Å². The number of imidazole rings is 2. The number of aromatic nitrogens is 4. The maximum atomic E-state index is 12.1. The normalized spacial score (nSPS) is 11.1. The van der Waals surface area contributed by atoms with Gasteiger partial charge >= 0.3 is 5.97 Å². The minimum atomic E-state index is -0.445. The van der Waals surface area contributed by atoms with E-state index in [9.17, 15) is 4.79 Å². The number of ether oxygens (including phenoxy) is 1. The lowest BCUT2D eigenvalue weighted by molar-refractivity contribution is 0.0490. The molecule has 0 unspecified atom stereocenters. The molecule has 0 radical (unpaired) electrons. The highest BCUT2D eigenvalue weighted by atomic mass is 79.9. The van der Waals surface area contributed by atoms with Gasteiger partial charge in [0.1, 0.15) is 5.82 Å². The third-order valence-electron chi connectivity index (χ3n) is 3.38. The average Bonchev–Trinajstić information content (AvgIpc) is 3.10. The van der Waals surface area contributed by atoms with E-state index in [0.717, 1.165) is 16.8 Å². The van der Waals surface area contributed by atoms with Crippen molar-refractivity contribution < 1.29 is 9.53 Å². The summed E-state index contributed by atoms with van der Waals surface area (Å²) in [6.45, 7) is 3.02. The summed E-state index contributed by atoms with van der Waals surface area (Å²) in [4.78, 5) is 20.5. The maximum absolute atomic E-state index is 12.1. The molecule has 3 aromatic heterocycles. The molecule has 0 saturated heterocycles. The minimum Gasteiger partial charge on any atom is -0.461 e. The number of rotatable bonds is 5. The monoisotopic (exact) mass is 396 g/mol. The standard InChI is InChI=1S/C15H14BrClN4O2/c1-10-18-3-5-20(10)4-2-6-23-15(22)13-9-21-8-11(17)7-12(16)14(21)19-13/h3,5,7-9H,2,4,6H2,1H3. The number of pyridine rings is 1. The van der Waals surface area contributed by atoms with Gasteiger partial charge in [-0.05, 0) is 35.3 Å². The third kappa shape index (κ3) is 3.56. The van der Waals surface area contributed by atoms with Crippen molar-refractivity contribution in [3.63, 3.8) is 0 Å². The van der Waals surface area contributed by atoms with Gasteiger partial charge in [0.25, 0.3) is 0 Å². The Morgan fingerprint density at radius 1 is 1.43 bits per heavy atom.